The molecule has 1 rings (SSSR count). The maximum Gasteiger partial charge on any atom is 0.0436 e. The van der Waals surface area contributed by atoms with Crippen LogP contribution < -0.4 is 0 Å². The van der Waals surface area contributed by atoms with E-state index < -0.39 is 0 Å². The van der Waals surface area contributed by atoms with Gasteiger partial charge >= 0.3 is 0 Å². The van der Waals surface area contributed by atoms with Crippen molar-refractivity contribution in [1.82, 2.24) is 0 Å². The molecule has 0 aromatic rings. The Morgan fingerprint density at radius 2 is 2.14 bits per heavy atom. The average molecular weight is 215 g/mol. The molecule has 0 saturated heterocycles. The number of allylic oxidation sites excluding steroid dienone is 2. The van der Waals surface area contributed by atoms with Crippen molar-refractivity contribution in [2.75, 3.05) is 5.88 Å². The lowest BCUT2D eigenvalue weighted by atomic mass is 9.81. The van der Waals surface area contributed by atoms with E-state index in [1.54, 1.807) is 0 Å². The molecule has 1 fully saturated rings. The molecular formula is C13H23Cl. The third kappa shape index (κ3) is 3.65. The van der Waals surface area contributed by atoms with Crippen LogP contribution in [0.25, 0.3) is 0 Å². The lowest BCUT2D eigenvalue weighted by Crippen LogP contribution is -2.12. The van der Waals surface area contributed by atoms with Gasteiger partial charge in [-0.3, -0.25) is 0 Å². The summed E-state index contributed by atoms with van der Waals surface area (Å²) < 4.78 is 0. The number of hydrogen-bond donors (Lipinski definition) is 0. The summed E-state index contributed by atoms with van der Waals surface area (Å²) in [5.41, 5.74) is 1.44. The van der Waals surface area contributed by atoms with Gasteiger partial charge in [-0.15, -0.1) is 11.6 Å². The molecule has 0 N–H and O–H groups in total. The lowest BCUT2D eigenvalue weighted by molar-refractivity contribution is 0.323. The van der Waals surface area contributed by atoms with Crippen molar-refractivity contribution < 1.29 is 0 Å². The highest BCUT2D eigenvalue weighted by atomic mass is 35.5. The second-order valence-corrected chi connectivity index (χ2v) is 5.33. The molecule has 82 valence electrons. The summed E-state index contributed by atoms with van der Waals surface area (Å²) in [6, 6.07) is 0. The van der Waals surface area contributed by atoms with Crippen LogP contribution in [0.4, 0.5) is 0 Å². The van der Waals surface area contributed by atoms with Crippen LogP contribution >= 0.6 is 11.6 Å². The normalized spacial score (nSPS) is 29.6. The van der Waals surface area contributed by atoms with Crippen molar-refractivity contribution in [3.8, 4) is 0 Å². The Morgan fingerprint density at radius 3 is 2.64 bits per heavy atom. The van der Waals surface area contributed by atoms with Crippen LogP contribution in [0.5, 0.6) is 0 Å². The van der Waals surface area contributed by atoms with E-state index in [1.165, 1.54) is 31.3 Å². The number of halogens is 1. The first-order chi connectivity index (χ1) is 6.63. The lowest BCUT2D eigenvalue weighted by Gasteiger charge is -2.25. The fourth-order valence-corrected chi connectivity index (χ4v) is 2.72. The fourth-order valence-electron chi connectivity index (χ4n) is 2.33. The van der Waals surface area contributed by atoms with Crippen molar-refractivity contribution in [2.45, 2.75) is 46.5 Å². The molecule has 0 aliphatic heterocycles. The molecule has 1 heteroatoms. The predicted octanol–water partition coefficient (Wildman–Crippen LogP) is 4.63. The molecule has 1 saturated carbocycles. The number of rotatable bonds is 3. The van der Waals surface area contributed by atoms with Crippen LogP contribution in [0.2, 0.25) is 0 Å². The summed E-state index contributed by atoms with van der Waals surface area (Å²) in [5.74, 6) is 3.04. The van der Waals surface area contributed by atoms with E-state index in [4.69, 9.17) is 11.6 Å². The van der Waals surface area contributed by atoms with Gasteiger partial charge in [0, 0.05) is 5.88 Å². The summed E-state index contributed by atoms with van der Waals surface area (Å²) in [4.78, 5) is 0. The van der Waals surface area contributed by atoms with Gasteiger partial charge in [-0.25, -0.2) is 0 Å². The first-order valence-corrected chi connectivity index (χ1v) is 6.43. The standard InChI is InChI=1S/C13H23Cl/c1-10(2)13(9-14)8-12-6-4-5-11(3)7-12/h8,10-12H,4-7,9H2,1-3H3/b13-8-. The molecule has 1 aliphatic rings. The van der Waals surface area contributed by atoms with E-state index in [2.05, 4.69) is 26.8 Å². The Morgan fingerprint density at radius 1 is 1.43 bits per heavy atom. The highest BCUT2D eigenvalue weighted by Crippen LogP contribution is 2.31. The van der Waals surface area contributed by atoms with Crippen molar-refractivity contribution in [3.05, 3.63) is 11.6 Å². The SMILES string of the molecule is CC1CCCC(/C=C(/CCl)C(C)C)C1. The molecule has 0 amide bonds. The van der Waals surface area contributed by atoms with Gasteiger partial charge in [0.1, 0.15) is 0 Å². The minimum absolute atomic E-state index is 0.615. The summed E-state index contributed by atoms with van der Waals surface area (Å²) in [6.45, 7) is 6.84. The molecule has 0 radical (unpaired) electrons. The number of alkyl halides is 1. The van der Waals surface area contributed by atoms with Crippen molar-refractivity contribution in [3.63, 3.8) is 0 Å². The molecule has 0 bridgehead atoms. The summed E-state index contributed by atoms with van der Waals surface area (Å²) in [5, 5.41) is 0. The molecule has 0 nitrogen and oxygen atoms in total. The first kappa shape index (κ1) is 12.1. The second kappa shape index (κ2) is 5.80. The van der Waals surface area contributed by atoms with Gasteiger partial charge in [0.25, 0.3) is 0 Å². The van der Waals surface area contributed by atoms with Crippen LogP contribution in [0, 0.1) is 17.8 Å². The van der Waals surface area contributed by atoms with Crippen molar-refractivity contribution in [2.24, 2.45) is 17.8 Å². The van der Waals surface area contributed by atoms with Crippen LogP contribution in [0.3, 0.4) is 0 Å². The van der Waals surface area contributed by atoms with Gasteiger partial charge in [0.15, 0.2) is 0 Å². The zero-order valence-corrected chi connectivity index (χ0v) is 10.5. The van der Waals surface area contributed by atoms with Crippen LogP contribution in [0.1, 0.15) is 46.5 Å². The minimum atomic E-state index is 0.615. The first-order valence-electron chi connectivity index (χ1n) is 5.90. The topological polar surface area (TPSA) is 0 Å². The Bertz CT molecular complexity index is 193. The van der Waals surface area contributed by atoms with Crippen LogP contribution in [-0.2, 0) is 0 Å². The van der Waals surface area contributed by atoms with E-state index in [-0.39, 0.29) is 0 Å². The Labute approximate surface area is 93.7 Å². The largest absolute Gasteiger partial charge is 0.122 e. The third-order valence-electron chi connectivity index (χ3n) is 3.32. The summed E-state index contributed by atoms with van der Waals surface area (Å²) in [6.07, 6.45) is 8.01. The molecule has 0 heterocycles. The Hall–Kier alpha value is 0.0300. The Kier molecular flexibility index (Phi) is 5.01. The van der Waals surface area contributed by atoms with Gasteiger partial charge in [-0.05, 0) is 30.6 Å². The average Bonchev–Trinajstić information content (AvgIpc) is 2.14. The summed E-state index contributed by atoms with van der Waals surface area (Å²) in [7, 11) is 0. The quantitative estimate of drug-likeness (QED) is 0.475. The maximum atomic E-state index is 5.95. The van der Waals surface area contributed by atoms with E-state index >= 15 is 0 Å². The molecule has 0 aromatic carbocycles. The highest BCUT2D eigenvalue weighted by molar-refractivity contribution is 6.19. The fraction of sp³-hybridized carbons (Fsp3) is 0.846. The zero-order valence-electron chi connectivity index (χ0n) is 9.72. The summed E-state index contributed by atoms with van der Waals surface area (Å²) >= 11 is 5.95. The molecule has 1 aliphatic carbocycles. The molecule has 2 atom stereocenters. The van der Waals surface area contributed by atoms with E-state index in [9.17, 15) is 0 Å². The molecule has 14 heavy (non-hydrogen) atoms. The van der Waals surface area contributed by atoms with Crippen molar-refractivity contribution >= 4 is 11.6 Å². The smallest absolute Gasteiger partial charge is 0.0436 e. The highest BCUT2D eigenvalue weighted by Gasteiger charge is 2.17. The monoisotopic (exact) mass is 214 g/mol. The molecule has 2 unspecified atom stereocenters. The van der Waals surface area contributed by atoms with Crippen molar-refractivity contribution in [1.29, 1.82) is 0 Å². The number of hydrogen-bond acceptors (Lipinski definition) is 0. The van der Waals surface area contributed by atoms with E-state index in [1.807, 2.05) is 0 Å². The van der Waals surface area contributed by atoms with Gasteiger partial charge in [0.2, 0.25) is 0 Å². The maximum absolute atomic E-state index is 5.95. The molecular weight excluding hydrogens is 192 g/mol. The van der Waals surface area contributed by atoms with Gasteiger partial charge in [-0.1, -0.05) is 45.3 Å². The van der Waals surface area contributed by atoms with Gasteiger partial charge in [-0.2, -0.15) is 0 Å². The zero-order chi connectivity index (χ0) is 10.6. The van der Waals surface area contributed by atoms with Crippen LogP contribution in [0.15, 0.2) is 11.6 Å². The molecule has 0 aromatic heterocycles. The van der Waals surface area contributed by atoms with E-state index in [0.29, 0.717) is 11.8 Å². The third-order valence-corrected chi connectivity index (χ3v) is 3.63. The van der Waals surface area contributed by atoms with Gasteiger partial charge in [0.05, 0.1) is 0 Å². The molecule has 0 spiro atoms. The Balaban J connectivity index is 2.55. The van der Waals surface area contributed by atoms with Gasteiger partial charge < -0.3 is 0 Å². The predicted molar refractivity (Wildman–Crippen MR) is 64.8 cm³/mol. The minimum Gasteiger partial charge on any atom is -0.122 e. The second-order valence-electron chi connectivity index (χ2n) is 5.06. The van der Waals surface area contributed by atoms with E-state index in [0.717, 1.165) is 11.8 Å². The van der Waals surface area contributed by atoms with Crippen LogP contribution in [-0.4, -0.2) is 5.88 Å².